The van der Waals surface area contributed by atoms with Gasteiger partial charge in [-0.1, -0.05) is 29.5 Å². The molecule has 1 aliphatic rings. The number of carbonyl (C=O) groups excluding carboxylic acids is 1. The fourth-order valence-corrected chi connectivity index (χ4v) is 4.32. The van der Waals surface area contributed by atoms with Crippen LogP contribution in [0.3, 0.4) is 0 Å². The molecule has 28 heavy (non-hydrogen) atoms. The average molecular weight is 404 g/mol. The van der Waals surface area contributed by atoms with Crippen molar-refractivity contribution >= 4 is 23.4 Å². The van der Waals surface area contributed by atoms with Crippen LogP contribution in [0.2, 0.25) is 0 Å². The van der Waals surface area contributed by atoms with Crippen LogP contribution in [0.15, 0.2) is 17.3 Å². The van der Waals surface area contributed by atoms with Crippen molar-refractivity contribution in [3.05, 3.63) is 34.6 Å². The van der Waals surface area contributed by atoms with Gasteiger partial charge >= 0.3 is 0 Å². The first-order valence-corrected chi connectivity index (χ1v) is 10.7. The molecule has 1 aromatic carbocycles. The molecule has 0 saturated carbocycles. The zero-order valence-electron chi connectivity index (χ0n) is 17.1. The Kier molecular flexibility index (Phi) is 7.09. The highest BCUT2D eigenvalue weighted by atomic mass is 32.2. The fourth-order valence-electron chi connectivity index (χ4n) is 3.50. The first kappa shape index (κ1) is 20.8. The number of hydrogen-bond acceptors (Lipinski definition) is 6. The molecule has 1 aliphatic heterocycles. The molecule has 1 saturated heterocycles. The minimum atomic E-state index is -0.0274. The largest absolute Gasteiger partial charge is 0.379 e. The van der Waals surface area contributed by atoms with E-state index in [1.54, 1.807) is 0 Å². The highest BCUT2D eigenvalue weighted by Gasteiger charge is 2.18. The number of anilines is 1. The van der Waals surface area contributed by atoms with Crippen LogP contribution in [0, 0.1) is 20.8 Å². The number of morpholine rings is 1. The number of rotatable bonds is 7. The summed E-state index contributed by atoms with van der Waals surface area (Å²) < 4.78 is 7.50. The van der Waals surface area contributed by atoms with Gasteiger partial charge in [0.25, 0.3) is 0 Å². The van der Waals surface area contributed by atoms with Gasteiger partial charge in [-0.25, -0.2) is 0 Å². The van der Waals surface area contributed by atoms with Gasteiger partial charge in [-0.05, 0) is 38.8 Å². The predicted octanol–water partition coefficient (Wildman–Crippen LogP) is 2.79. The molecule has 152 valence electrons. The van der Waals surface area contributed by atoms with Crippen LogP contribution < -0.4 is 5.32 Å². The Morgan fingerprint density at radius 1 is 1.18 bits per heavy atom. The summed E-state index contributed by atoms with van der Waals surface area (Å²) in [5.74, 6) is 1.22. The Bertz CT molecular complexity index is 807. The molecule has 0 unspecified atom stereocenters. The van der Waals surface area contributed by atoms with E-state index in [4.69, 9.17) is 4.74 Å². The quantitative estimate of drug-likeness (QED) is 0.717. The fraction of sp³-hybridized carbons (Fsp3) is 0.550. The lowest BCUT2D eigenvalue weighted by Gasteiger charge is -2.26. The lowest BCUT2D eigenvalue weighted by molar-refractivity contribution is -0.113. The molecule has 0 aliphatic carbocycles. The summed E-state index contributed by atoms with van der Waals surface area (Å²) in [6, 6.07) is 4.17. The van der Waals surface area contributed by atoms with E-state index in [2.05, 4.69) is 51.0 Å². The minimum Gasteiger partial charge on any atom is -0.379 e. The van der Waals surface area contributed by atoms with Crippen molar-refractivity contribution in [2.24, 2.45) is 0 Å². The van der Waals surface area contributed by atoms with Crippen molar-refractivity contribution in [2.45, 2.75) is 45.9 Å². The van der Waals surface area contributed by atoms with E-state index in [1.807, 2.05) is 13.8 Å². The molecule has 1 fully saturated rings. The molecular formula is C20H29N5O2S. The number of aromatic nitrogens is 3. The molecule has 1 N–H and O–H groups in total. The summed E-state index contributed by atoms with van der Waals surface area (Å²) >= 11 is 1.43. The van der Waals surface area contributed by atoms with Gasteiger partial charge in [0.2, 0.25) is 5.91 Å². The molecule has 3 rings (SSSR count). The number of amides is 1. The Morgan fingerprint density at radius 3 is 2.50 bits per heavy atom. The standard InChI is InChI=1S/C20H29N5O2S/c1-5-25-17(12-24-6-8-27-9-7-24)22-23-20(25)28-13-18(26)21-19-15(3)10-14(2)11-16(19)4/h10-11H,5-9,12-13H2,1-4H3,(H,21,26). The van der Waals surface area contributed by atoms with Gasteiger partial charge in [-0.15, -0.1) is 10.2 Å². The van der Waals surface area contributed by atoms with Crippen LogP contribution in [0.25, 0.3) is 0 Å². The molecule has 2 heterocycles. The lowest BCUT2D eigenvalue weighted by atomic mass is 10.1. The second-order valence-electron chi connectivity index (χ2n) is 7.14. The van der Waals surface area contributed by atoms with Crippen molar-refractivity contribution in [1.29, 1.82) is 0 Å². The lowest BCUT2D eigenvalue weighted by Crippen LogP contribution is -2.36. The van der Waals surface area contributed by atoms with Crippen LogP contribution in [0.4, 0.5) is 5.69 Å². The van der Waals surface area contributed by atoms with E-state index in [-0.39, 0.29) is 5.91 Å². The summed E-state index contributed by atoms with van der Waals surface area (Å²) in [6.45, 7) is 13.1. The summed E-state index contributed by atoms with van der Waals surface area (Å²) in [4.78, 5) is 14.8. The molecule has 8 heteroatoms. The van der Waals surface area contributed by atoms with E-state index in [1.165, 1.54) is 17.3 Å². The predicted molar refractivity (Wildman–Crippen MR) is 112 cm³/mol. The summed E-state index contributed by atoms with van der Waals surface area (Å²) in [6.07, 6.45) is 0. The van der Waals surface area contributed by atoms with E-state index in [0.717, 1.165) is 67.2 Å². The van der Waals surface area contributed by atoms with Gasteiger partial charge in [0, 0.05) is 25.3 Å². The van der Waals surface area contributed by atoms with Gasteiger partial charge in [-0.2, -0.15) is 0 Å². The number of benzene rings is 1. The zero-order valence-corrected chi connectivity index (χ0v) is 17.9. The third-order valence-corrected chi connectivity index (χ3v) is 5.82. The molecule has 2 aromatic rings. The zero-order chi connectivity index (χ0) is 20.1. The molecule has 7 nitrogen and oxygen atoms in total. The molecule has 0 radical (unpaired) electrons. The minimum absolute atomic E-state index is 0.0274. The maximum atomic E-state index is 12.5. The normalized spacial score (nSPS) is 15.0. The summed E-state index contributed by atoms with van der Waals surface area (Å²) in [5, 5.41) is 12.5. The molecule has 0 atom stereocenters. The smallest absolute Gasteiger partial charge is 0.234 e. The number of carbonyl (C=O) groups is 1. The number of aryl methyl sites for hydroxylation is 3. The SMILES string of the molecule is CCn1c(CN2CCOCC2)nnc1SCC(=O)Nc1c(C)cc(C)cc1C. The van der Waals surface area contributed by atoms with E-state index < -0.39 is 0 Å². The first-order chi connectivity index (χ1) is 13.5. The van der Waals surface area contributed by atoms with Crippen LogP contribution >= 0.6 is 11.8 Å². The van der Waals surface area contributed by atoms with Crippen LogP contribution in [-0.4, -0.2) is 57.6 Å². The molecule has 0 spiro atoms. The van der Waals surface area contributed by atoms with Crippen LogP contribution in [-0.2, 0) is 22.6 Å². The van der Waals surface area contributed by atoms with E-state index in [9.17, 15) is 4.79 Å². The second-order valence-corrected chi connectivity index (χ2v) is 8.08. The number of ether oxygens (including phenoxy) is 1. The summed E-state index contributed by atoms with van der Waals surface area (Å²) in [7, 11) is 0. The first-order valence-electron chi connectivity index (χ1n) is 9.70. The monoisotopic (exact) mass is 403 g/mol. The maximum Gasteiger partial charge on any atom is 0.234 e. The summed E-state index contributed by atoms with van der Waals surface area (Å²) in [5.41, 5.74) is 4.27. The van der Waals surface area contributed by atoms with Crippen LogP contribution in [0.5, 0.6) is 0 Å². The van der Waals surface area contributed by atoms with Crippen molar-refractivity contribution in [3.8, 4) is 0 Å². The van der Waals surface area contributed by atoms with E-state index >= 15 is 0 Å². The van der Waals surface area contributed by atoms with Gasteiger partial charge in [0.05, 0.1) is 25.5 Å². The van der Waals surface area contributed by atoms with Gasteiger partial charge in [0.15, 0.2) is 5.16 Å². The molecular weight excluding hydrogens is 374 g/mol. The third-order valence-electron chi connectivity index (χ3n) is 4.85. The Balaban J connectivity index is 1.60. The van der Waals surface area contributed by atoms with Crippen molar-refractivity contribution < 1.29 is 9.53 Å². The highest BCUT2D eigenvalue weighted by molar-refractivity contribution is 7.99. The van der Waals surface area contributed by atoms with Crippen molar-refractivity contribution in [1.82, 2.24) is 19.7 Å². The number of hydrogen-bond donors (Lipinski definition) is 1. The molecule has 1 amide bonds. The van der Waals surface area contributed by atoms with Gasteiger partial charge in [0.1, 0.15) is 5.82 Å². The average Bonchev–Trinajstić information content (AvgIpc) is 3.05. The van der Waals surface area contributed by atoms with Crippen molar-refractivity contribution in [2.75, 3.05) is 37.4 Å². The topological polar surface area (TPSA) is 72.3 Å². The Morgan fingerprint density at radius 2 is 1.86 bits per heavy atom. The van der Waals surface area contributed by atoms with Gasteiger partial charge < -0.3 is 14.6 Å². The number of nitrogens with zero attached hydrogens (tertiary/aromatic N) is 4. The number of thioether (sulfide) groups is 1. The molecule has 1 aromatic heterocycles. The maximum absolute atomic E-state index is 12.5. The Hall–Kier alpha value is -1.90. The second kappa shape index (κ2) is 9.54. The third kappa shape index (κ3) is 5.12. The molecule has 0 bridgehead atoms. The van der Waals surface area contributed by atoms with Crippen molar-refractivity contribution in [3.63, 3.8) is 0 Å². The van der Waals surface area contributed by atoms with Gasteiger partial charge in [-0.3, -0.25) is 9.69 Å². The Labute approximate surface area is 170 Å². The van der Waals surface area contributed by atoms with Crippen LogP contribution in [0.1, 0.15) is 29.4 Å². The van der Waals surface area contributed by atoms with E-state index in [0.29, 0.717) is 5.75 Å². The highest BCUT2D eigenvalue weighted by Crippen LogP contribution is 2.23. The number of nitrogens with one attached hydrogen (secondary N) is 1.